The van der Waals surface area contributed by atoms with Crippen molar-refractivity contribution in [3.8, 4) is 0 Å². The number of nitrogens with zero attached hydrogens (tertiary/aromatic N) is 2. The van der Waals surface area contributed by atoms with E-state index in [1.807, 2.05) is 0 Å². The molecule has 0 spiro atoms. The Balaban J connectivity index is 2.39. The van der Waals surface area contributed by atoms with Gasteiger partial charge in [-0.2, -0.15) is 0 Å². The van der Waals surface area contributed by atoms with Crippen LogP contribution in [0.4, 0.5) is 0 Å². The number of carbonyl (C=O) groups is 1. The van der Waals surface area contributed by atoms with Gasteiger partial charge in [-0.25, -0.2) is 0 Å². The van der Waals surface area contributed by atoms with Crippen molar-refractivity contribution in [2.75, 3.05) is 26.7 Å². The van der Waals surface area contributed by atoms with Gasteiger partial charge in [-0.05, 0) is 20.9 Å². The summed E-state index contributed by atoms with van der Waals surface area (Å²) < 4.78 is 0. The minimum Gasteiger partial charge on any atom is -0.303 e. The van der Waals surface area contributed by atoms with Gasteiger partial charge in [-0.15, -0.1) is 0 Å². The molecule has 2 unspecified atom stereocenters. The summed E-state index contributed by atoms with van der Waals surface area (Å²) in [5.41, 5.74) is 0. The summed E-state index contributed by atoms with van der Waals surface area (Å²) in [4.78, 5) is 15.0. The fourth-order valence-corrected chi connectivity index (χ4v) is 1.93. The summed E-state index contributed by atoms with van der Waals surface area (Å²) in [6.07, 6.45) is 1.68. The molecule has 1 rings (SSSR count). The van der Waals surface area contributed by atoms with Crippen LogP contribution in [-0.4, -0.2) is 54.9 Å². The lowest BCUT2D eigenvalue weighted by atomic mass is 10.1. The third-order valence-corrected chi connectivity index (χ3v) is 3.00. The number of carbonyl (C=O) groups excluding carboxylic acids is 1. The van der Waals surface area contributed by atoms with Gasteiger partial charge in [0.15, 0.2) is 0 Å². The predicted molar refractivity (Wildman–Crippen MR) is 53.8 cm³/mol. The molecule has 1 saturated heterocycles. The molecule has 13 heavy (non-hydrogen) atoms. The van der Waals surface area contributed by atoms with E-state index in [1.54, 1.807) is 0 Å². The van der Waals surface area contributed by atoms with E-state index < -0.39 is 0 Å². The zero-order chi connectivity index (χ0) is 9.84. The van der Waals surface area contributed by atoms with E-state index in [4.69, 9.17) is 0 Å². The second-order valence-electron chi connectivity index (χ2n) is 4.08. The van der Waals surface area contributed by atoms with Crippen LogP contribution in [0.15, 0.2) is 0 Å². The van der Waals surface area contributed by atoms with Crippen molar-refractivity contribution in [1.29, 1.82) is 0 Å². The Morgan fingerprint density at radius 3 is 2.31 bits per heavy atom. The van der Waals surface area contributed by atoms with Crippen LogP contribution in [0.3, 0.4) is 0 Å². The zero-order valence-corrected chi connectivity index (χ0v) is 8.86. The van der Waals surface area contributed by atoms with Crippen LogP contribution in [0.5, 0.6) is 0 Å². The number of rotatable bonds is 3. The fourth-order valence-electron chi connectivity index (χ4n) is 1.93. The summed E-state index contributed by atoms with van der Waals surface area (Å²) in [6, 6.07) is 1.21. The molecular formula is C10H20N2O. The first kappa shape index (κ1) is 10.7. The molecule has 0 saturated carbocycles. The molecule has 0 aliphatic carbocycles. The Morgan fingerprint density at radius 1 is 1.31 bits per heavy atom. The van der Waals surface area contributed by atoms with Gasteiger partial charge in [0.25, 0.3) is 0 Å². The van der Waals surface area contributed by atoms with Gasteiger partial charge in [0.05, 0.1) is 0 Å². The first-order valence-corrected chi connectivity index (χ1v) is 5.03. The van der Waals surface area contributed by atoms with Crippen molar-refractivity contribution >= 4 is 6.29 Å². The highest BCUT2D eigenvalue weighted by Crippen LogP contribution is 2.12. The minimum absolute atomic E-state index is 0.607. The highest BCUT2D eigenvalue weighted by molar-refractivity contribution is 5.49. The normalized spacial score (nSPS) is 31.9. The van der Waals surface area contributed by atoms with Crippen LogP contribution in [0.2, 0.25) is 0 Å². The summed E-state index contributed by atoms with van der Waals surface area (Å²) in [5, 5.41) is 0. The summed E-state index contributed by atoms with van der Waals surface area (Å²) in [7, 11) is 2.17. The summed E-state index contributed by atoms with van der Waals surface area (Å²) >= 11 is 0. The van der Waals surface area contributed by atoms with Gasteiger partial charge < -0.3 is 4.79 Å². The molecule has 1 fully saturated rings. The zero-order valence-electron chi connectivity index (χ0n) is 8.86. The molecule has 76 valence electrons. The Kier molecular flexibility index (Phi) is 3.88. The number of hydrogen-bond acceptors (Lipinski definition) is 3. The average molecular weight is 184 g/mol. The lowest BCUT2D eigenvalue weighted by molar-refractivity contribution is -0.108. The van der Waals surface area contributed by atoms with Crippen LogP contribution >= 0.6 is 0 Å². The molecule has 0 aromatic carbocycles. The minimum atomic E-state index is 0.607. The van der Waals surface area contributed by atoms with Crippen LogP contribution in [-0.2, 0) is 4.79 Å². The maximum atomic E-state index is 10.2. The monoisotopic (exact) mass is 184 g/mol. The molecule has 0 bridgehead atoms. The Bertz CT molecular complexity index is 160. The molecule has 0 N–H and O–H groups in total. The van der Waals surface area contributed by atoms with Gasteiger partial charge in [-0.1, -0.05) is 0 Å². The molecule has 0 radical (unpaired) electrons. The highest BCUT2D eigenvalue weighted by Gasteiger charge is 2.25. The first-order valence-electron chi connectivity index (χ1n) is 5.03. The lowest BCUT2D eigenvalue weighted by Gasteiger charge is -2.42. The van der Waals surface area contributed by atoms with Gasteiger partial charge in [0, 0.05) is 38.1 Å². The molecule has 0 amide bonds. The average Bonchev–Trinajstić information content (AvgIpc) is 2.10. The molecule has 3 heteroatoms. The maximum Gasteiger partial charge on any atom is 0.121 e. The van der Waals surface area contributed by atoms with Gasteiger partial charge in [0.1, 0.15) is 6.29 Å². The predicted octanol–water partition coefficient (Wildman–Crippen LogP) is 0.600. The van der Waals surface area contributed by atoms with Crippen molar-refractivity contribution < 1.29 is 4.79 Å². The van der Waals surface area contributed by atoms with Crippen molar-refractivity contribution in [2.45, 2.75) is 32.4 Å². The highest BCUT2D eigenvalue weighted by atomic mass is 16.1. The van der Waals surface area contributed by atoms with E-state index in [-0.39, 0.29) is 0 Å². The molecule has 2 atom stereocenters. The topological polar surface area (TPSA) is 23.6 Å². The molecular weight excluding hydrogens is 164 g/mol. The van der Waals surface area contributed by atoms with Gasteiger partial charge in [-0.3, -0.25) is 9.80 Å². The second kappa shape index (κ2) is 4.72. The Morgan fingerprint density at radius 2 is 1.85 bits per heavy atom. The molecule has 0 aromatic rings. The van der Waals surface area contributed by atoms with Crippen molar-refractivity contribution in [2.24, 2.45) is 0 Å². The second-order valence-corrected chi connectivity index (χ2v) is 4.08. The Hall–Kier alpha value is -0.410. The number of piperazine rings is 1. The smallest absolute Gasteiger partial charge is 0.121 e. The third-order valence-electron chi connectivity index (χ3n) is 3.00. The number of hydrogen-bond donors (Lipinski definition) is 0. The van der Waals surface area contributed by atoms with E-state index in [2.05, 4.69) is 30.7 Å². The van der Waals surface area contributed by atoms with E-state index in [0.29, 0.717) is 18.5 Å². The standard InChI is InChI=1S/C10H20N2O/c1-9-7-12(5-4-6-13)8-10(2)11(9)3/h6,9-10H,4-5,7-8H2,1-3H3. The van der Waals surface area contributed by atoms with Crippen molar-refractivity contribution in [3.63, 3.8) is 0 Å². The quantitative estimate of drug-likeness (QED) is 0.600. The van der Waals surface area contributed by atoms with Crippen molar-refractivity contribution in [3.05, 3.63) is 0 Å². The van der Waals surface area contributed by atoms with Crippen molar-refractivity contribution in [1.82, 2.24) is 9.80 Å². The maximum absolute atomic E-state index is 10.2. The fraction of sp³-hybridized carbons (Fsp3) is 0.900. The van der Waals surface area contributed by atoms with E-state index in [1.165, 1.54) is 0 Å². The Labute approximate surface area is 80.7 Å². The summed E-state index contributed by atoms with van der Waals surface area (Å²) in [6.45, 7) is 7.59. The van der Waals surface area contributed by atoms with E-state index >= 15 is 0 Å². The van der Waals surface area contributed by atoms with Crippen LogP contribution in [0, 0.1) is 0 Å². The third kappa shape index (κ3) is 2.78. The number of aldehydes is 1. The molecule has 1 heterocycles. The largest absolute Gasteiger partial charge is 0.303 e. The summed E-state index contributed by atoms with van der Waals surface area (Å²) in [5.74, 6) is 0. The number of likely N-dealkylation sites (N-methyl/N-ethyl adjacent to an activating group) is 1. The van der Waals surface area contributed by atoms with Crippen LogP contribution in [0.25, 0.3) is 0 Å². The molecule has 0 aromatic heterocycles. The molecule has 3 nitrogen and oxygen atoms in total. The van der Waals surface area contributed by atoms with Crippen LogP contribution < -0.4 is 0 Å². The SMILES string of the molecule is CC1CN(CCC=O)CC(C)N1C. The first-order chi connectivity index (χ1) is 6.15. The van der Waals surface area contributed by atoms with E-state index in [9.17, 15) is 4.79 Å². The molecule has 1 aliphatic heterocycles. The van der Waals surface area contributed by atoms with E-state index in [0.717, 1.165) is 25.9 Å². The van der Waals surface area contributed by atoms with Gasteiger partial charge >= 0.3 is 0 Å². The van der Waals surface area contributed by atoms with Gasteiger partial charge in [0.2, 0.25) is 0 Å². The lowest BCUT2D eigenvalue weighted by Crippen LogP contribution is -2.54. The van der Waals surface area contributed by atoms with Crippen LogP contribution in [0.1, 0.15) is 20.3 Å². The molecule has 1 aliphatic rings.